The highest BCUT2D eigenvalue weighted by Gasteiger charge is 2.41. The van der Waals surface area contributed by atoms with Crippen LogP contribution in [0.2, 0.25) is 0 Å². The van der Waals surface area contributed by atoms with Crippen molar-refractivity contribution in [1.82, 2.24) is 10.6 Å². The summed E-state index contributed by atoms with van der Waals surface area (Å²) in [6, 6.07) is -0.281. The van der Waals surface area contributed by atoms with Gasteiger partial charge in [-0.25, -0.2) is 4.79 Å². The van der Waals surface area contributed by atoms with Crippen LogP contribution in [0.4, 0.5) is 4.79 Å². The number of urea groups is 1. The van der Waals surface area contributed by atoms with E-state index in [1.165, 1.54) is 0 Å². The van der Waals surface area contributed by atoms with Crippen LogP contribution in [0.5, 0.6) is 0 Å². The summed E-state index contributed by atoms with van der Waals surface area (Å²) in [6.07, 6.45) is 4.28. The fraction of sp³-hybridized carbons (Fsp3) is 0.778. The van der Waals surface area contributed by atoms with Crippen molar-refractivity contribution < 1.29 is 14.7 Å². The van der Waals surface area contributed by atoms with Crippen molar-refractivity contribution in [3.63, 3.8) is 0 Å². The molecule has 0 aromatic rings. The lowest BCUT2D eigenvalue weighted by atomic mass is 10.4. The molecule has 1 saturated carbocycles. The van der Waals surface area contributed by atoms with Crippen LogP contribution in [-0.4, -0.2) is 41.2 Å². The fourth-order valence-electron chi connectivity index (χ4n) is 1.18. The molecule has 5 nitrogen and oxygen atoms in total. The molecule has 1 rings (SSSR count). The molecule has 0 heterocycles. The number of aliphatic carboxylic acids is 1. The van der Waals surface area contributed by atoms with Gasteiger partial charge in [0.1, 0.15) is 0 Å². The highest BCUT2D eigenvalue weighted by molar-refractivity contribution is 8.00. The number of carbonyl (C=O) groups excluding carboxylic acids is 1. The molecule has 15 heavy (non-hydrogen) atoms. The molecule has 1 aliphatic rings. The first-order valence-electron chi connectivity index (χ1n) is 4.87. The number of amides is 2. The summed E-state index contributed by atoms with van der Waals surface area (Å²) in [6.45, 7) is 0.834. The van der Waals surface area contributed by atoms with Crippen molar-refractivity contribution in [2.75, 3.05) is 19.3 Å². The van der Waals surface area contributed by atoms with Gasteiger partial charge in [0.15, 0.2) is 0 Å². The Labute approximate surface area is 93.0 Å². The lowest BCUT2D eigenvalue weighted by Crippen LogP contribution is -2.40. The van der Waals surface area contributed by atoms with E-state index in [0.717, 1.165) is 12.8 Å². The molecule has 0 unspecified atom stereocenters. The molecule has 0 aliphatic heterocycles. The Morgan fingerprint density at radius 1 is 1.40 bits per heavy atom. The molecule has 0 aromatic heterocycles. The summed E-state index contributed by atoms with van der Waals surface area (Å²) in [5, 5.41) is 13.6. The van der Waals surface area contributed by atoms with Crippen LogP contribution in [0.15, 0.2) is 0 Å². The molecule has 86 valence electrons. The Kier molecular flexibility index (Phi) is 4.26. The summed E-state index contributed by atoms with van der Waals surface area (Å²) in [5.41, 5.74) is 0. The molecule has 0 saturated heterocycles. The average Bonchev–Trinajstić information content (AvgIpc) is 2.95. The Morgan fingerprint density at radius 3 is 2.53 bits per heavy atom. The molecule has 3 N–H and O–H groups in total. The van der Waals surface area contributed by atoms with Gasteiger partial charge in [-0.05, 0) is 19.1 Å². The van der Waals surface area contributed by atoms with Gasteiger partial charge < -0.3 is 15.7 Å². The standard InChI is InChI=1S/C9H16N2O3S/c1-15-9(3-4-9)6-11-8(14)10-5-2-7(12)13/h2-6H2,1H3,(H,12,13)(H2,10,11,14). The number of thioether (sulfide) groups is 1. The summed E-state index contributed by atoms with van der Waals surface area (Å²) in [5.74, 6) is -0.905. The summed E-state index contributed by atoms with van der Waals surface area (Å²) < 4.78 is 0.240. The number of hydrogen-bond acceptors (Lipinski definition) is 3. The van der Waals surface area contributed by atoms with Crippen molar-refractivity contribution in [1.29, 1.82) is 0 Å². The first kappa shape index (κ1) is 12.2. The van der Waals surface area contributed by atoms with E-state index in [1.807, 2.05) is 6.26 Å². The lowest BCUT2D eigenvalue weighted by molar-refractivity contribution is -0.136. The monoisotopic (exact) mass is 232 g/mol. The molecule has 1 fully saturated rings. The zero-order valence-electron chi connectivity index (χ0n) is 8.71. The van der Waals surface area contributed by atoms with Gasteiger partial charge in [0, 0.05) is 17.8 Å². The number of rotatable bonds is 6. The van der Waals surface area contributed by atoms with Gasteiger partial charge >= 0.3 is 12.0 Å². The lowest BCUT2D eigenvalue weighted by Gasteiger charge is -2.13. The summed E-state index contributed by atoms with van der Waals surface area (Å²) >= 11 is 1.77. The van der Waals surface area contributed by atoms with Crippen molar-refractivity contribution in [3.8, 4) is 0 Å². The SMILES string of the molecule is CSC1(CNC(=O)NCCC(=O)O)CC1. The van der Waals surface area contributed by atoms with Crippen molar-refractivity contribution in [2.45, 2.75) is 24.0 Å². The second-order valence-electron chi connectivity index (χ2n) is 3.64. The number of nitrogens with one attached hydrogen (secondary N) is 2. The predicted molar refractivity (Wildman–Crippen MR) is 59.1 cm³/mol. The van der Waals surface area contributed by atoms with Crippen molar-refractivity contribution in [3.05, 3.63) is 0 Å². The topological polar surface area (TPSA) is 78.4 Å². The van der Waals surface area contributed by atoms with Crippen molar-refractivity contribution in [2.24, 2.45) is 0 Å². The van der Waals surface area contributed by atoms with Gasteiger partial charge in [-0.1, -0.05) is 0 Å². The van der Waals surface area contributed by atoms with Crippen LogP contribution in [0, 0.1) is 0 Å². The minimum atomic E-state index is -0.905. The Bertz CT molecular complexity index is 254. The Balaban J connectivity index is 2.06. The zero-order valence-corrected chi connectivity index (χ0v) is 9.52. The fourth-order valence-corrected chi connectivity index (χ4v) is 1.91. The minimum absolute atomic E-state index is 0.0406. The molecule has 0 aromatic carbocycles. The largest absolute Gasteiger partial charge is 0.481 e. The molecular weight excluding hydrogens is 216 g/mol. The van der Waals surface area contributed by atoms with E-state index in [4.69, 9.17) is 5.11 Å². The van der Waals surface area contributed by atoms with E-state index in [0.29, 0.717) is 6.54 Å². The molecule has 0 radical (unpaired) electrons. The zero-order chi connectivity index (χ0) is 11.3. The molecule has 1 aliphatic carbocycles. The van der Waals surface area contributed by atoms with Gasteiger partial charge in [-0.3, -0.25) is 4.79 Å². The van der Waals surface area contributed by atoms with Crippen LogP contribution in [-0.2, 0) is 4.79 Å². The van der Waals surface area contributed by atoms with Gasteiger partial charge in [0.25, 0.3) is 0 Å². The maximum Gasteiger partial charge on any atom is 0.314 e. The van der Waals surface area contributed by atoms with E-state index in [-0.39, 0.29) is 23.7 Å². The minimum Gasteiger partial charge on any atom is -0.481 e. The molecule has 6 heteroatoms. The van der Waals surface area contributed by atoms with Gasteiger partial charge in [-0.2, -0.15) is 11.8 Å². The third kappa shape index (κ3) is 4.42. The average molecular weight is 232 g/mol. The Hall–Kier alpha value is -0.910. The molecule has 2 amide bonds. The molecule has 0 bridgehead atoms. The number of carboxylic acids is 1. The number of carboxylic acid groups (broad SMARTS) is 1. The van der Waals surface area contributed by atoms with Crippen molar-refractivity contribution >= 4 is 23.8 Å². The quantitative estimate of drug-likeness (QED) is 0.628. The third-order valence-electron chi connectivity index (χ3n) is 2.44. The van der Waals surface area contributed by atoms with E-state index in [9.17, 15) is 9.59 Å². The maximum absolute atomic E-state index is 11.2. The first-order valence-corrected chi connectivity index (χ1v) is 6.09. The summed E-state index contributed by atoms with van der Waals surface area (Å²) in [4.78, 5) is 21.4. The van der Waals surface area contributed by atoms with Crippen LogP contribution in [0.1, 0.15) is 19.3 Å². The second kappa shape index (κ2) is 5.25. The van der Waals surface area contributed by atoms with Crippen LogP contribution in [0.25, 0.3) is 0 Å². The van der Waals surface area contributed by atoms with E-state index >= 15 is 0 Å². The van der Waals surface area contributed by atoms with E-state index < -0.39 is 5.97 Å². The smallest absolute Gasteiger partial charge is 0.314 e. The molecule has 0 spiro atoms. The van der Waals surface area contributed by atoms with Gasteiger partial charge in [0.2, 0.25) is 0 Å². The normalized spacial score (nSPS) is 16.9. The molecular formula is C9H16N2O3S. The van der Waals surface area contributed by atoms with E-state index in [1.54, 1.807) is 11.8 Å². The van der Waals surface area contributed by atoms with Gasteiger partial charge in [0.05, 0.1) is 6.42 Å². The molecule has 0 atom stereocenters. The summed E-state index contributed by atoms with van der Waals surface area (Å²) in [7, 11) is 0. The van der Waals surface area contributed by atoms with Gasteiger partial charge in [-0.15, -0.1) is 0 Å². The highest BCUT2D eigenvalue weighted by atomic mass is 32.2. The van der Waals surface area contributed by atoms with Crippen LogP contribution >= 0.6 is 11.8 Å². The second-order valence-corrected chi connectivity index (χ2v) is 4.91. The Morgan fingerprint density at radius 2 is 2.07 bits per heavy atom. The number of carbonyl (C=O) groups is 2. The highest BCUT2D eigenvalue weighted by Crippen LogP contribution is 2.46. The van der Waals surface area contributed by atoms with E-state index in [2.05, 4.69) is 10.6 Å². The predicted octanol–water partition coefficient (Wildman–Crippen LogP) is 0.656. The number of hydrogen-bond donors (Lipinski definition) is 3. The van der Waals surface area contributed by atoms with Crippen LogP contribution < -0.4 is 10.6 Å². The van der Waals surface area contributed by atoms with Crippen LogP contribution in [0.3, 0.4) is 0 Å². The maximum atomic E-state index is 11.2. The third-order valence-corrected chi connectivity index (χ3v) is 3.85. The first-order chi connectivity index (χ1) is 7.08.